The SMILES string of the molecule is CC(C)C(NC(=O)c1nc2ccccc2s1)C(=O)O. The van der Waals surface area contributed by atoms with Gasteiger partial charge in [-0.1, -0.05) is 26.0 Å². The number of nitrogens with one attached hydrogen (secondary N) is 1. The van der Waals surface area contributed by atoms with Gasteiger partial charge in [-0.05, 0) is 18.1 Å². The molecule has 1 unspecified atom stereocenters. The van der Waals surface area contributed by atoms with E-state index in [1.807, 2.05) is 24.3 Å². The first-order valence-electron chi connectivity index (χ1n) is 5.88. The highest BCUT2D eigenvalue weighted by molar-refractivity contribution is 7.20. The van der Waals surface area contributed by atoms with E-state index in [0.29, 0.717) is 0 Å². The number of benzene rings is 1. The summed E-state index contributed by atoms with van der Waals surface area (Å²) in [7, 11) is 0. The van der Waals surface area contributed by atoms with Gasteiger partial charge in [0.15, 0.2) is 5.01 Å². The molecular weight excluding hydrogens is 264 g/mol. The van der Waals surface area contributed by atoms with Gasteiger partial charge in [-0.15, -0.1) is 11.3 Å². The quantitative estimate of drug-likeness (QED) is 0.898. The number of aromatic nitrogens is 1. The largest absolute Gasteiger partial charge is 0.480 e. The third-order valence-corrected chi connectivity index (χ3v) is 3.74. The van der Waals surface area contributed by atoms with E-state index in [2.05, 4.69) is 10.3 Å². The third kappa shape index (κ3) is 2.90. The molecule has 19 heavy (non-hydrogen) atoms. The molecule has 6 heteroatoms. The normalized spacial score (nSPS) is 12.6. The minimum absolute atomic E-state index is 0.184. The van der Waals surface area contributed by atoms with E-state index in [-0.39, 0.29) is 10.9 Å². The van der Waals surface area contributed by atoms with Crippen LogP contribution in [0.5, 0.6) is 0 Å². The Morgan fingerprint density at radius 1 is 1.32 bits per heavy atom. The number of fused-ring (bicyclic) bond motifs is 1. The summed E-state index contributed by atoms with van der Waals surface area (Å²) in [5, 5.41) is 11.8. The van der Waals surface area contributed by atoms with Gasteiger partial charge in [-0.25, -0.2) is 9.78 Å². The Bertz CT molecular complexity index is 588. The first-order valence-corrected chi connectivity index (χ1v) is 6.70. The Morgan fingerprint density at radius 3 is 2.58 bits per heavy atom. The Kier molecular flexibility index (Phi) is 3.80. The Hall–Kier alpha value is -1.95. The highest BCUT2D eigenvalue weighted by Gasteiger charge is 2.25. The zero-order valence-corrected chi connectivity index (χ0v) is 11.4. The van der Waals surface area contributed by atoms with Crippen molar-refractivity contribution in [1.29, 1.82) is 0 Å². The molecule has 5 nitrogen and oxygen atoms in total. The van der Waals surface area contributed by atoms with Crippen LogP contribution in [-0.4, -0.2) is 28.0 Å². The third-order valence-electron chi connectivity index (χ3n) is 2.71. The molecule has 0 saturated heterocycles. The van der Waals surface area contributed by atoms with E-state index in [9.17, 15) is 9.59 Å². The van der Waals surface area contributed by atoms with E-state index < -0.39 is 17.9 Å². The van der Waals surface area contributed by atoms with E-state index in [1.165, 1.54) is 11.3 Å². The van der Waals surface area contributed by atoms with Crippen molar-refractivity contribution < 1.29 is 14.7 Å². The van der Waals surface area contributed by atoms with Crippen molar-refractivity contribution in [3.63, 3.8) is 0 Å². The molecule has 2 aromatic rings. The molecule has 2 N–H and O–H groups in total. The van der Waals surface area contributed by atoms with Crippen molar-refractivity contribution >= 4 is 33.4 Å². The number of nitrogens with zero attached hydrogens (tertiary/aromatic N) is 1. The molecule has 0 fully saturated rings. The topological polar surface area (TPSA) is 79.3 Å². The van der Waals surface area contributed by atoms with Crippen molar-refractivity contribution in [3.8, 4) is 0 Å². The van der Waals surface area contributed by atoms with Crippen LogP contribution in [0.3, 0.4) is 0 Å². The number of aliphatic carboxylic acids is 1. The van der Waals surface area contributed by atoms with Crippen LogP contribution < -0.4 is 5.32 Å². The van der Waals surface area contributed by atoms with Gasteiger partial charge in [-0.3, -0.25) is 4.79 Å². The Labute approximate surface area is 114 Å². The van der Waals surface area contributed by atoms with Crippen molar-refractivity contribution in [2.24, 2.45) is 5.92 Å². The van der Waals surface area contributed by atoms with Crippen LogP contribution >= 0.6 is 11.3 Å². The molecular formula is C13H14N2O3S. The lowest BCUT2D eigenvalue weighted by Gasteiger charge is -2.16. The summed E-state index contributed by atoms with van der Waals surface area (Å²) in [6, 6.07) is 6.51. The van der Waals surface area contributed by atoms with E-state index in [1.54, 1.807) is 13.8 Å². The number of thiazole rings is 1. The minimum Gasteiger partial charge on any atom is -0.480 e. The van der Waals surface area contributed by atoms with Crippen molar-refractivity contribution in [2.45, 2.75) is 19.9 Å². The van der Waals surface area contributed by atoms with Gasteiger partial charge in [0.25, 0.3) is 5.91 Å². The Balaban J connectivity index is 2.21. The molecule has 1 heterocycles. The summed E-state index contributed by atoms with van der Waals surface area (Å²) in [6.45, 7) is 3.49. The molecule has 0 radical (unpaired) electrons. The lowest BCUT2D eigenvalue weighted by molar-refractivity contribution is -0.140. The molecule has 1 atom stereocenters. The van der Waals surface area contributed by atoms with Gasteiger partial charge in [0.05, 0.1) is 10.2 Å². The molecule has 0 saturated carbocycles. The Morgan fingerprint density at radius 2 is 2.00 bits per heavy atom. The first-order chi connectivity index (χ1) is 8.99. The molecule has 0 spiro atoms. The second-order valence-corrected chi connectivity index (χ2v) is 5.55. The van der Waals surface area contributed by atoms with Crippen LogP contribution in [-0.2, 0) is 4.79 Å². The van der Waals surface area contributed by atoms with Gasteiger partial charge in [0.2, 0.25) is 0 Å². The summed E-state index contributed by atoms with van der Waals surface area (Å²) in [5.74, 6) is -1.66. The number of carbonyl (C=O) groups is 2. The van der Waals surface area contributed by atoms with Crippen molar-refractivity contribution in [3.05, 3.63) is 29.3 Å². The number of hydrogen-bond acceptors (Lipinski definition) is 4. The predicted molar refractivity (Wildman–Crippen MR) is 73.3 cm³/mol. The second kappa shape index (κ2) is 5.36. The number of amides is 1. The number of carboxylic acids is 1. The highest BCUT2D eigenvalue weighted by Crippen LogP contribution is 2.21. The van der Waals surface area contributed by atoms with E-state index in [0.717, 1.165) is 10.2 Å². The fraction of sp³-hybridized carbons (Fsp3) is 0.308. The maximum absolute atomic E-state index is 12.0. The maximum atomic E-state index is 12.0. The highest BCUT2D eigenvalue weighted by atomic mass is 32.1. The standard InChI is InChI=1S/C13H14N2O3S/c1-7(2)10(13(17)18)15-11(16)12-14-8-5-3-4-6-9(8)19-12/h3-7,10H,1-2H3,(H,15,16)(H,17,18). The average Bonchev–Trinajstić information content (AvgIpc) is 2.78. The van der Waals surface area contributed by atoms with Crippen LogP contribution in [0.1, 0.15) is 23.6 Å². The van der Waals surface area contributed by atoms with Gasteiger partial charge in [0.1, 0.15) is 6.04 Å². The van der Waals surface area contributed by atoms with Gasteiger partial charge < -0.3 is 10.4 Å². The van der Waals surface area contributed by atoms with Gasteiger partial charge in [-0.2, -0.15) is 0 Å². The molecule has 0 aliphatic rings. The minimum atomic E-state index is -1.04. The first kappa shape index (κ1) is 13.5. The van der Waals surface area contributed by atoms with Crippen LogP contribution in [0.4, 0.5) is 0 Å². The molecule has 0 aliphatic carbocycles. The van der Waals surface area contributed by atoms with E-state index >= 15 is 0 Å². The monoisotopic (exact) mass is 278 g/mol. The molecule has 1 amide bonds. The van der Waals surface area contributed by atoms with Crippen LogP contribution in [0.25, 0.3) is 10.2 Å². The zero-order chi connectivity index (χ0) is 14.0. The van der Waals surface area contributed by atoms with Crippen molar-refractivity contribution in [2.75, 3.05) is 0 Å². The lowest BCUT2D eigenvalue weighted by Crippen LogP contribution is -2.44. The summed E-state index contributed by atoms with van der Waals surface area (Å²) < 4.78 is 0.907. The van der Waals surface area contributed by atoms with Crippen LogP contribution in [0.15, 0.2) is 24.3 Å². The fourth-order valence-electron chi connectivity index (χ4n) is 1.69. The zero-order valence-electron chi connectivity index (χ0n) is 10.6. The van der Waals surface area contributed by atoms with Gasteiger partial charge >= 0.3 is 5.97 Å². The molecule has 0 aliphatic heterocycles. The predicted octanol–water partition coefficient (Wildman–Crippen LogP) is 2.14. The molecule has 100 valence electrons. The maximum Gasteiger partial charge on any atom is 0.326 e. The summed E-state index contributed by atoms with van der Waals surface area (Å²) in [6.07, 6.45) is 0. The molecule has 1 aromatic heterocycles. The molecule has 0 bridgehead atoms. The molecule has 1 aromatic carbocycles. The molecule has 2 rings (SSSR count). The second-order valence-electron chi connectivity index (χ2n) is 4.52. The number of hydrogen-bond donors (Lipinski definition) is 2. The van der Waals surface area contributed by atoms with Crippen molar-refractivity contribution in [1.82, 2.24) is 10.3 Å². The summed E-state index contributed by atoms with van der Waals surface area (Å²) >= 11 is 1.25. The number of carbonyl (C=O) groups excluding carboxylic acids is 1. The summed E-state index contributed by atoms with van der Waals surface area (Å²) in [5.41, 5.74) is 0.745. The lowest BCUT2D eigenvalue weighted by atomic mass is 10.1. The van der Waals surface area contributed by atoms with Crippen LogP contribution in [0.2, 0.25) is 0 Å². The fourth-order valence-corrected chi connectivity index (χ4v) is 2.55. The van der Waals surface area contributed by atoms with E-state index in [4.69, 9.17) is 5.11 Å². The van der Waals surface area contributed by atoms with Gasteiger partial charge in [0, 0.05) is 0 Å². The number of rotatable bonds is 4. The smallest absolute Gasteiger partial charge is 0.326 e. The van der Waals surface area contributed by atoms with Crippen LogP contribution in [0, 0.1) is 5.92 Å². The average molecular weight is 278 g/mol. The summed E-state index contributed by atoms with van der Waals surface area (Å²) in [4.78, 5) is 27.3. The number of carboxylic acid groups (broad SMARTS) is 1. The number of para-hydroxylation sites is 1.